The SMILES string of the molecule is CC(NC(=O)C(N)CC(N)=O)C1CCCC1.Cl. The first-order chi connectivity index (χ1) is 7.50. The number of rotatable bonds is 5. The number of nitrogens with one attached hydrogen (secondary N) is 1. The molecule has 17 heavy (non-hydrogen) atoms. The lowest BCUT2D eigenvalue weighted by Gasteiger charge is -2.22. The van der Waals surface area contributed by atoms with Gasteiger partial charge in [-0.2, -0.15) is 0 Å². The Morgan fingerprint density at radius 3 is 2.35 bits per heavy atom. The number of hydrogen-bond donors (Lipinski definition) is 3. The molecule has 0 heterocycles. The van der Waals surface area contributed by atoms with Gasteiger partial charge in [-0.15, -0.1) is 12.4 Å². The van der Waals surface area contributed by atoms with Crippen molar-refractivity contribution in [2.24, 2.45) is 17.4 Å². The van der Waals surface area contributed by atoms with E-state index in [0.717, 1.165) is 12.8 Å². The van der Waals surface area contributed by atoms with Crippen LogP contribution in [-0.4, -0.2) is 23.9 Å². The predicted octanol–water partition coefficient (Wildman–Crippen LogP) is 0.306. The zero-order chi connectivity index (χ0) is 12.1. The Kier molecular flexibility index (Phi) is 7.15. The van der Waals surface area contributed by atoms with Crippen molar-refractivity contribution < 1.29 is 9.59 Å². The lowest BCUT2D eigenvalue weighted by Crippen LogP contribution is -2.47. The molecule has 0 aromatic heterocycles. The van der Waals surface area contributed by atoms with Gasteiger partial charge in [-0.1, -0.05) is 12.8 Å². The van der Waals surface area contributed by atoms with Crippen molar-refractivity contribution in [2.75, 3.05) is 0 Å². The maximum Gasteiger partial charge on any atom is 0.237 e. The van der Waals surface area contributed by atoms with Crippen molar-refractivity contribution >= 4 is 24.2 Å². The summed E-state index contributed by atoms with van der Waals surface area (Å²) < 4.78 is 0. The highest BCUT2D eigenvalue weighted by Gasteiger charge is 2.25. The first-order valence-corrected chi connectivity index (χ1v) is 5.85. The van der Waals surface area contributed by atoms with E-state index in [-0.39, 0.29) is 30.8 Å². The van der Waals surface area contributed by atoms with Gasteiger partial charge in [-0.05, 0) is 25.7 Å². The van der Waals surface area contributed by atoms with E-state index in [1.54, 1.807) is 0 Å². The van der Waals surface area contributed by atoms with Crippen molar-refractivity contribution in [3.05, 3.63) is 0 Å². The van der Waals surface area contributed by atoms with Gasteiger partial charge in [0.2, 0.25) is 11.8 Å². The van der Waals surface area contributed by atoms with Crippen molar-refractivity contribution in [2.45, 2.75) is 51.1 Å². The van der Waals surface area contributed by atoms with E-state index in [2.05, 4.69) is 5.32 Å². The van der Waals surface area contributed by atoms with Crippen LogP contribution in [0.2, 0.25) is 0 Å². The van der Waals surface area contributed by atoms with Crippen LogP contribution in [0.1, 0.15) is 39.0 Å². The Balaban J connectivity index is 0.00000256. The monoisotopic (exact) mass is 263 g/mol. The van der Waals surface area contributed by atoms with Gasteiger partial charge in [0, 0.05) is 6.04 Å². The number of carbonyl (C=O) groups is 2. The Hall–Kier alpha value is -0.810. The standard InChI is InChI=1S/C11H21N3O2.ClH/c1-7(8-4-2-3-5-8)14-11(16)9(12)6-10(13)15;/h7-9H,2-6,12H2,1H3,(H2,13,15)(H,14,16);1H. The molecular formula is C11H22ClN3O2. The van der Waals surface area contributed by atoms with Crippen LogP contribution in [0.15, 0.2) is 0 Å². The summed E-state index contributed by atoms with van der Waals surface area (Å²) in [6, 6.07) is -0.685. The Morgan fingerprint density at radius 1 is 1.35 bits per heavy atom. The van der Waals surface area contributed by atoms with Crippen molar-refractivity contribution in [1.29, 1.82) is 0 Å². The van der Waals surface area contributed by atoms with Crippen LogP contribution in [0.3, 0.4) is 0 Å². The van der Waals surface area contributed by atoms with Gasteiger partial charge in [0.1, 0.15) is 0 Å². The Morgan fingerprint density at radius 2 is 1.88 bits per heavy atom. The van der Waals surface area contributed by atoms with E-state index in [9.17, 15) is 9.59 Å². The number of primary amides is 1. The molecule has 2 atom stereocenters. The van der Waals surface area contributed by atoms with Gasteiger partial charge >= 0.3 is 0 Å². The van der Waals surface area contributed by atoms with Gasteiger partial charge in [0.15, 0.2) is 0 Å². The summed E-state index contributed by atoms with van der Waals surface area (Å²) in [7, 11) is 0. The van der Waals surface area contributed by atoms with Crippen molar-refractivity contribution in [3.8, 4) is 0 Å². The molecule has 0 saturated heterocycles. The molecule has 0 aromatic rings. The second kappa shape index (κ2) is 7.50. The van der Waals surface area contributed by atoms with E-state index in [1.165, 1.54) is 12.8 Å². The van der Waals surface area contributed by atoms with E-state index >= 15 is 0 Å². The summed E-state index contributed by atoms with van der Waals surface area (Å²) in [6.07, 6.45) is 4.69. The minimum absolute atomic E-state index is 0. The highest BCUT2D eigenvalue weighted by molar-refractivity contribution is 5.87. The molecule has 1 rings (SSSR count). The normalized spacial score (nSPS) is 19.2. The van der Waals surface area contributed by atoms with Crippen LogP contribution in [0.25, 0.3) is 0 Å². The van der Waals surface area contributed by atoms with Gasteiger partial charge in [-0.3, -0.25) is 9.59 Å². The summed E-state index contributed by atoms with van der Waals surface area (Å²) in [5.41, 5.74) is 10.5. The molecule has 5 nitrogen and oxygen atoms in total. The lowest BCUT2D eigenvalue weighted by atomic mass is 9.99. The lowest BCUT2D eigenvalue weighted by molar-refractivity contribution is -0.127. The zero-order valence-corrected chi connectivity index (χ0v) is 11.0. The number of nitrogens with two attached hydrogens (primary N) is 2. The van der Waals surface area contributed by atoms with E-state index in [1.807, 2.05) is 6.92 Å². The molecule has 1 saturated carbocycles. The van der Waals surface area contributed by atoms with Crippen LogP contribution < -0.4 is 16.8 Å². The van der Waals surface area contributed by atoms with Gasteiger partial charge in [0.05, 0.1) is 12.5 Å². The molecule has 6 heteroatoms. The molecule has 0 aliphatic heterocycles. The van der Waals surface area contributed by atoms with Gasteiger partial charge in [-0.25, -0.2) is 0 Å². The molecule has 1 aliphatic rings. The molecular weight excluding hydrogens is 242 g/mol. The second-order valence-electron chi connectivity index (χ2n) is 4.62. The molecule has 1 aliphatic carbocycles. The highest BCUT2D eigenvalue weighted by atomic mass is 35.5. The fourth-order valence-electron chi connectivity index (χ4n) is 2.22. The summed E-state index contributed by atoms with van der Waals surface area (Å²) in [5, 5.41) is 2.86. The van der Waals surface area contributed by atoms with Crippen LogP contribution in [-0.2, 0) is 9.59 Å². The van der Waals surface area contributed by atoms with Crippen LogP contribution in [0.4, 0.5) is 0 Å². The molecule has 0 aromatic carbocycles. The number of hydrogen-bond acceptors (Lipinski definition) is 3. The quantitative estimate of drug-likeness (QED) is 0.666. The average molecular weight is 264 g/mol. The molecule has 0 spiro atoms. The first-order valence-electron chi connectivity index (χ1n) is 5.85. The summed E-state index contributed by atoms with van der Waals surface area (Å²) in [5.74, 6) is -0.279. The third-order valence-corrected chi connectivity index (χ3v) is 3.23. The predicted molar refractivity (Wildman–Crippen MR) is 68.6 cm³/mol. The van der Waals surface area contributed by atoms with E-state index < -0.39 is 11.9 Å². The Labute approximate surface area is 108 Å². The largest absolute Gasteiger partial charge is 0.370 e. The summed E-state index contributed by atoms with van der Waals surface area (Å²) in [6.45, 7) is 1.99. The minimum atomic E-state index is -0.818. The van der Waals surface area contributed by atoms with Gasteiger partial charge < -0.3 is 16.8 Å². The van der Waals surface area contributed by atoms with Crippen molar-refractivity contribution in [3.63, 3.8) is 0 Å². The van der Waals surface area contributed by atoms with E-state index in [0.29, 0.717) is 5.92 Å². The average Bonchev–Trinajstić information content (AvgIpc) is 2.68. The molecule has 0 radical (unpaired) electrons. The third-order valence-electron chi connectivity index (χ3n) is 3.23. The first kappa shape index (κ1) is 16.2. The maximum atomic E-state index is 11.6. The van der Waals surface area contributed by atoms with Crippen LogP contribution in [0, 0.1) is 5.92 Å². The molecule has 2 amide bonds. The minimum Gasteiger partial charge on any atom is -0.370 e. The molecule has 5 N–H and O–H groups in total. The fourth-order valence-corrected chi connectivity index (χ4v) is 2.22. The zero-order valence-electron chi connectivity index (χ0n) is 10.1. The Bertz CT molecular complexity index is 267. The third kappa shape index (κ3) is 5.37. The van der Waals surface area contributed by atoms with Crippen LogP contribution >= 0.6 is 12.4 Å². The van der Waals surface area contributed by atoms with E-state index in [4.69, 9.17) is 11.5 Å². The molecule has 2 unspecified atom stereocenters. The molecule has 1 fully saturated rings. The summed E-state index contributed by atoms with van der Waals surface area (Å²) in [4.78, 5) is 22.2. The number of halogens is 1. The topological polar surface area (TPSA) is 98.2 Å². The van der Waals surface area contributed by atoms with Gasteiger partial charge in [0.25, 0.3) is 0 Å². The second-order valence-corrected chi connectivity index (χ2v) is 4.62. The maximum absolute atomic E-state index is 11.6. The van der Waals surface area contributed by atoms with Crippen LogP contribution in [0.5, 0.6) is 0 Å². The molecule has 0 bridgehead atoms. The summed E-state index contributed by atoms with van der Waals surface area (Å²) >= 11 is 0. The smallest absolute Gasteiger partial charge is 0.237 e. The number of carbonyl (C=O) groups excluding carboxylic acids is 2. The fraction of sp³-hybridized carbons (Fsp3) is 0.818. The highest BCUT2D eigenvalue weighted by Crippen LogP contribution is 2.27. The van der Waals surface area contributed by atoms with Crippen molar-refractivity contribution in [1.82, 2.24) is 5.32 Å². The number of amides is 2. The molecule has 100 valence electrons.